The van der Waals surface area contributed by atoms with Crippen molar-refractivity contribution in [2.75, 3.05) is 7.05 Å². The van der Waals surface area contributed by atoms with Crippen LogP contribution in [0.15, 0.2) is 28.7 Å². The molecule has 2 saturated heterocycles. The van der Waals surface area contributed by atoms with Gasteiger partial charge in [-0.15, -0.1) is 0 Å². The molecule has 0 saturated carbocycles. The molecule has 0 aliphatic carbocycles. The van der Waals surface area contributed by atoms with Gasteiger partial charge in [-0.25, -0.2) is 0 Å². The molecule has 2 fully saturated rings. The summed E-state index contributed by atoms with van der Waals surface area (Å²) < 4.78 is 1.04. The fourth-order valence-corrected chi connectivity index (χ4v) is 4.12. The maximum atomic E-state index is 11.7. The van der Waals surface area contributed by atoms with Crippen LogP contribution in [-0.2, 0) is 4.79 Å². The quantitative estimate of drug-likeness (QED) is 0.909. The van der Waals surface area contributed by atoms with Crippen molar-refractivity contribution in [1.29, 1.82) is 0 Å². The largest absolute Gasteiger partial charge is 0.481 e. The Morgan fingerprint density at radius 3 is 2.63 bits per heavy atom. The first kappa shape index (κ1) is 13.1. The minimum atomic E-state index is -0.648. The topological polar surface area (TPSA) is 40.5 Å². The molecule has 4 heteroatoms. The standard InChI is InChI=1S/C15H18BrNO2/c1-17-11-6-7-13(17)14(15(18)19)12(8-11)9-2-4-10(16)5-3-9/h2-5,11-14H,6-8H2,1H3,(H,18,19)/t11?,12?,13?,14-/m0/s1. The van der Waals surface area contributed by atoms with Crippen molar-refractivity contribution in [3.63, 3.8) is 0 Å². The van der Waals surface area contributed by atoms with Gasteiger partial charge in [-0.3, -0.25) is 9.69 Å². The summed E-state index contributed by atoms with van der Waals surface area (Å²) in [5.41, 5.74) is 1.17. The second-order valence-electron chi connectivity index (χ2n) is 5.72. The average Bonchev–Trinajstić information content (AvgIpc) is 2.63. The van der Waals surface area contributed by atoms with Crippen LogP contribution in [-0.4, -0.2) is 35.1 Å². The molecule has 0 radical (unpaired) electrons. The molecule has 3 unspecified atom stereocenters. The zero-order chi connectivity index (χ0) is 13.6. The molecule has 3 nitrogen and oxygen atoms in total. The van der Waals surface area contributed by atoms with Gasteiger partial charge in [-0.1, -0.05) is 28.1 Å². The van der Waals surface area contributed by atoms with Crippen LogP contribution >= 0.6 is 15.9 Å². The molecule has 2 bridgehead atoms. The zero-order valence-corrected chi connectivity index (χ0v) is 12.5. The lowest BCUT2D eigenvalue weighted by atomic mass is 9.76. The molecule has 0 amide bonds. The Bertz CT molecular complexity index is 487. The van der Waals surface area contributed by atoms with E-state index in [9.17, 15) is 9.90 Å². The first-order chi connectivity index (χ1) is 9.08. The SMILES string of the molecule is CN1C2CCC1[C@@H](C(=O)O)C(c1ccc(Br)cc1)C2. The van der Waals surface area contributed by atoms with Crippen LogP contribution in [0.25, 0.3) is 0 Å². The fraction of sp³-hybridized carbons (Fsp3) is 0.533. The minimum Gasteiger partial charge on any atom is -0.481 e. The molecule has 0 aromatic heterocycles. The van der Waals surface area contributed by atoms with Crippen molar-refractivity contribution in [2.45, 2.75) is 37.3 Å². The number of benzene rings is 1. The average molecular weight is 324 g/mol. The predicted octanol–water partition coefficient (Wildman–Crippen LogP) is 3.10. The molecule has 4 atom stereocenters. The summed E-state index contributed by atoms with van der Waals surface area (Å²) in [5.74, 6) is -0.769. The molecule has 102 valence electrons. The highest BCUT2D eigenvalue weighted by Crippen LogP contribution is 2.46. The number of halogens is 1. The maximum absolute atomic E-state index is 11.7. The monoisotopic (exact) mass is 323 g/mol. The fourth-order valence-electron chi connectivity index (χ4n) is 3.86. The highest BCUT2D eigenvalue weighted by molar-refractivity contribution is 9.10. The molecule has 0 spiro atoms. The van der Waals surface area contributed by atoms with Gasteiger partial charge in [0.1, 0.15) is 0 Å². The van der Waals surface area contributed by atoms with Gasteiger partial charge in [-0.2, -0.15) is 0 Å². The Morgan fingerprint density at radius 2 is 2.00 bits per heavy atom. The van der Waals surface area contributed by atoms with E-state index in [-0.39, 0.29) is 17.9 Å². The van der Waals surface area contributed by atoms with E-state index in [4.69, 9.17) is 0 Å². The van der Waals surface area contributed by atoms with Crippen molar-refractivity contribution >= 4 is 21.9 Å². The van der Waals surface area contributed by atoms with Gasteiger partial charge < -0.3 is 5.11 Å². The van der Waals surface area contributed by atoms with Gasteiger partial charge in [0, 0.05) is 22.5 Å². The number of carboxylic acids is 1. The Balaban J connectivity index is 1.95. The van der Waals surface area contributed by atoms with Crippen LogP contribution in [0.1, 0.15) is 30.7 Å². The van der Waals surface area contributed by atoms with E-state index in [1.54, 1.807) is 0 Å². The lowest BCUT2D eigenvalue weighted by molar-refractivity contribution is -0.146. The third kappa shape index (κ3) is 2.21. The highest BCUT2D eigenvalue weighted by atomic mass is 79.9. The predicted molar refractivity (Wildman–Crippen MR) is 77.2 cm³/mol. The number of hydrogen-bond donors (Lipinski definition) is 1. The maximum Gasteiger partial charge on any atom is 0.308 e. The van der Waals surface area contributed by atoms with Crippen molar-refractivity contribution < 1.29 is 9.90 Å². The van der Waals surface area contributed by atoms with Gasteiger partial charge in [0.15, 0.2) is 0 Å². The molecule has 3 rings (SSSR count). The summed E-state index contributed by atoms with van der Waals surface area (Å²) in [4.78, 5) is 14.0. The molecule has 2 aliphatic heterocycles. The number of hydrogen-bond acceptors (Lipinski definition) is 2. The number of aliphatic carboxylic acids is 1. The van der Waals surface area contributed by atoms with Crippen molar-refractivity contribution in [3.8, 4) is 0 Å². The Labute approximate surface area is 121 Å². The molecular weight excluding hydrogens is 306 g/mol. The number of nitrogens with zero attached hydrogens (tertiary/aromatic N) is 1. The van der Waals surface area contributed by atoms with Crippen LogP contribution in [0.3, 0.4) is 0 Å². The molecule has 1 aromatic rings. The van der Waals surface area contributed by atoms with Crippen molar-refractivity contribution in [2.24, 2.45) is 5.92 Å². The number of fused-ring (bicyclic) bond motifs is 2. The normalized spacial score (nSPS) is 34.4. The van der Waals surface area contributed by atoms with Gasteiger partial charge in [-0.05, 0) is 44.0 Å². The Morgan fingerprint density at radius 1 is 1.32 bits per heavy atom. The van der Waals surface area contributed by atoms with Crippen LogP contribution in [0.5, 0.6) is 0 Å². The number of carbonyl (C=O) groups is 1. The molecule has 2 heterocycles. The first-order valence-electron chi connectivity index (χ1n) is 6.78. The van der Waals surface area contributed by atoms with E-state index in [0.717, 1.165) is 23.7 Å². The van der Waals surface area contributed by atoms with E-state index in [1.807, 2.05) is 12.1 Å². The number of rotatable bonds is 2. The van der Waals surface area contributed by atoms with Crippen molar-refractivity contribution in [3.05, 3.63) is 34.3 Å². The van der Waals surface area contributed by atoms with E-state index < -0.39 is 5.97 Å². The zero-order valence-electron chi connectivity index (χ0n) is 10.9. The van der Waals surface area contributed by atoms with Crippen LogP contribution < -0.4 is 0 Å². The smallest absolute Gasteiger partial charge is 0.308 e. The summed E-state index contributed by atoms with van der Waals surface area (Å²) in [6, 6.07) is 8.90. The first-order valence-corrected chi connectivity index (χ1v) is 7.57. The van der Waals surface area contributed by atoms with Gasteiger partial charge in [0.05, 0.1) is 5.92 Å². The highest BCUT2D eigenvalue weighted by Gasteiger charge is 2.49. The lowest BCUT2D eigenvalue weighted by Crippen LogP contribution is -2.48. The van der Waals surface area contributed by atoms with Gasteiger partial charge >= 0.3 is 5.97 Å². The lowest BCUT2D eigenvalue weighted by Gasteiger charge is -2.41. The van der Waals surface area contributed by atoms with Gasteiger partial charge in [0.2, 0.25) is 0 Å². The van der Waals surface area contributed by atoms with Crippen LogP contribution in [0, 0.1) is 5.92 Å². The third-order valence-electron chi connectivity index (χ3n) is 4.85. The van der Waals surface area contributed by atoms with E-state index >= 15 is 0 Å². The van der Waals surface area contributed by atoms with Crippen LogP contribution in [0.4, 0.5) is 0 Å². The van der Waals surface area contributed by atoms with E-state index in [2.05, 4.69) is 40.0 Å². The second kappa shape index (κ2) is 4.91. The molecule has 1 aromatic carbocycles. The van der Waals surface area contributed by atoms with E-state index in [1.165, 1.54) is 5.56 Å². The number of carboxylic acid groups (broad SMARTS) is 1. The third-order valence-corrected chi connectivity index (χ3v) is 5.38. The molecular formula is C15H18BrNO2. The molecule has 19 heavy (non-hydrogen) atoms. The second-order valence-corrected chi connectivity index (χ2v) is 6.64. The van der Waals surface area contributed by atoms with Crippen molar-refractivity contribution in [1.82, 2.24) is 4.90 Å². The van der Waals surface area contributed by atoms with Gasteiger partial charge in [0.25, 0.3) is 0 Å². The Hall–Kier alpha value is -0.870. The van der Waals surface area contributed by atoms with Crippen LogP contribution in [0.2, 0.25) is 0 Å². The molecule has 1 N–H and O–H groups in total. The summed E-state index contributed by atoms with van der Waals surface area (Å²) in [6.07, 6.45) is 3.12. The summed E-state index contributed by atoms with van der Waals surface area (Å²) >= 11 is 3.43. The molecule has 2 aliphatic rings. The summed E-state index contributed by atoms with van der Waals surface area (Å²) in [5, 5.41) is 9.63. The summed E-state index contributed by atoms with van der Waals surface area (Å²) in [6.45, 7) is 0. The Kier molecular flexibility index (Phi) is 3.39. The number of piperidine rings is 1. The van der Waals surface area contributed by atoms with E-state index in [0.29, 0.717) is 6.04 Å². The minimum absolute atomic E-state index is 0.152. The summed E-state index contributed by atoms with van der Waals surface area (Å²) in [7, 11) is 2.08.